The van der Waals surface area contributed by atoms with Gasteiger partial charge in [-0.1, -0.05) is 11.3 Å². The van der Waals surface area contributed by atoms with Crippen LogP contribution in [0.3, 0.4) is 0 Å². The van der Waals surface area contributed by atoms with E-state index in [0.29, 0.717) is 12.4 Å². The zero-order chi connectivity index (χ0) is 14.9. The molecule has 7 nitrogen and oxygen atoms in total. The Hall–Kier alpha value is -3.22. The van der Waals surface area contributed by atoms with Crippen LogP contribution < -0.4 is 5.73 Å². The van der Waals surface area contributed by atoms with Gasteiger partial charge >= 0.3 is 0 Å². The highest BCUT2D eigenvalue weighted by molar-refractivity contribution is 5.57. The summed E-state index contributed by atoms with van der Waals surface area (Å²) in [7, 11) is 0. The predicted molar refractivity (Wildman–Crippen MR) is 82.0 cm³/mol. The van der Waals surface area contributed by atoms with Crippen LogP contribution >= 0.6 is 0 Å². The van der Waals surface area contributed by atoms with E-state index in [1.54, 1.807) is 16.9 Å². The molecule has 0 saturated carbocycles. The molecule has 4 aromatic heterocycles. The fraction of sp³-hybridized carbons (Fsp3) is 0.0667. The van der Waals surface area contributed by atoms with E-state index in [2.05, 4.69) is 20.3 Å². The smallest absolute Gasteiger partial charge is 0.137 e. The summed E-state index contributed by atoms with van der Waals surface area (Å²) < 4.78 is 3.74. The topological polar surface area (TPSA) is 86.9 Å². The second-order valence-electron chi connectivity index (χ2n) is 4.97. The van der Waals surface area contributed by atoms with Gasteiger partial charge in [0, 0.05) is 24.2 Å². The highest BCUT2D eigenvalue weighted by Crippen LogP contribution is 2.16. The van der Waals surface area contributed by atoms with Crippen molar-refractivity contribution in [1.82, 2.24) is 29.4 Å². The molecule has 4 heterocycles. The fourth-order valence-corrected chi connectivity index (χ4v) is 2.29. The molecule has 0 aromatic carbocycles. The lowest BCUT2D eigenvalue weighted by Crippen LogP contribution is -2.00. The molecule has 0 radical (unpaired) electrons. The van der Waals surface area contributed by atoms with E-state index in [0.717, 1.165) is 22.6 Å². The van der Waals surface area contributed by atoms with E-state index in [-0.39, 0.29) is 0 Å². The normalized spacial score (nSPS) is 11.1. The summed E-state index contributed by atoms with van der Waals surface area (Å²) in [5.74, 6) is 0.487. The van der Waals surface area contributed by atoms with Crippen molar-refractivity contribution >= 4 is 11.5 Å². The summed E-state index contributed by atoms with van der Waals surface area (Å²) in [4.78, 5) is 8.61. The standard InChI is InChI=1S/C15H13N7/c16-14-5-4-11(7-17-14)13-10-22(20-19-13)9-12-8-21-6-2-1-3-15(21)18-12/h1-8,10H,9H2,(H2,16,17). The van der Waals surface area contributed by atoms with Crippen molar-refractivity contribution in [3.8, 4) is 11.3 Å². The maximum atomic E-state index is 5.59. The van der Waals surface area contributed by atoms with Crippen molar-refractivity contribution in [2.45, 2.75) is 6.54 Å². The molecule has 7 heteroatoms. The van der Waals surface area contributed by atoms with Gasteiger partial charge in [0.15, 0.2) is 0 Å². The van der Waals surface area contributed by atoms with Gasteiger partial charge in [0.25, 0.3) is 0 Å². The molecule has 0 aliphatic heterocycles. The number of rotatable bonds is 3. The van der Waals surface area contributed by atoms with Crippen molar-refractivity contribution in [1.29, 1.82) is 0 Å². The van der Waals surface area contributed by atoms with Gasteiger partial charge < -0.3 is 10.1 Å². The Balaban J connectivity index is 1.60. The van der Waals surface area contributed by atoms with E-state index in [9.17, 15) is 0 Å². The highest BCUT2D eigenvalue weighted by atomic mass is 15.4. The molecule has 22 heavy (non-hydrogen) atoms. The van der Waals surface area contributed by atoms with Crippen LogP contribution in [-0.2, 0) is 6.54 Å². The van der Waals surface area contributed by atoms with Crippen LogP contribution in [0.25, 0.3) is 16.9 Å². The SMILES string of the molecule is Nc1ccc(-c2cn(Cc3cn4ccccc4n3)nn2)cn1. The minimum Gasteiger partial charge on any atom is -0.384 e. The molecule has 0 amide bonds. The van der Waals surface area contributed by atoms with Crippen molar-refractivity contribution in [3.63, 3.8) is 0 Å². The largest absolute Gasteiger partial charge is 0.384 e. The predicted octanol–water partition coefficient (Wildman–Crippen LogP) is 1.62. The van der Waals surface area contributed by atoms with E-state index in [1.807, 2.05) is 47.3 Å². The first kappa shape index (κ1) is 12.5. The fourth-order valence-electron chi connectivity index (χ4n) is 2.29. The third kappa shape index (κ3) is 2.28. The third-order valence-electron chi connectivity index (χ3n) is 3.36. The van der Waals surface area contributed by atoms with E-state index >= 15 is 0 Å². The van der Waals surface area contributed by atoms with Gasteiger partial charge in [0.1, 0.15) is 17.2 Å². The number of pyridine rings is 2. The molecular weight excluding hydrogens is 278 g/mol. The average Bonchev–Trinajstić information content (AvgIpc) is 3.14. The monoisotopic (exact) mass is 291 g/mol. The summed E-state index contributed by atoms with van der Waals surface area (Å²) in [6.45, 7) is 0.567. The Morgan fingerprint density at radius 1 is 1.09 bits per heavy atom. The van der Waals surface area contributed by atoms with Gasteiger partial charge in [-0.05, 0) is 24.3 Å². The number of nitrogen functional groups attached to an aromatic ring is 1. The Bertz CT molecular complexity index is 887. The number of anilines is 1. The molecule has 0 bridgehead atoms. The number of nitrogens with zero attached hydrogens (tertiary/aromatic N) is 6. The third-order valence-corrected chi connectivity index (χ3v) is 3.36. The van der Waals surface area contributed by atoms with Gasteiger partial charge in [-0.3, -0.25) is 0 Å². The lowest BCUT2D eigenvalue weighted by Gasteiger charge is -1.96. The highest BCUT2D eigenvalue weighted by Gasteiger charge is 2.07. The molecule has 4 rings (SSSR count). The van der Waals surface area contributed by atoms with Gasteiger partial charge in [-0.15, -0.1) is 5.10 Å². The molecule has 0 fully saturated rings. The second-order valence-corrected chi connectivity index (χ2v) is 4.97. The molecule has 0 spiro atoms. The van der Waals surface area contributed by atoms with Crippen LogP contribution in [0.2, 0.25) is 0 Å². The second kappa shape index (κ2) is 4.96. The minimum atomic E-state index is 0.487. The lowest BCUT2D eigenvalue weighted by atomic mass is 10.2. The number of fused-ring (bicyclic) bond motifs is 1. The molecule has 0 atom stereocenters. The zero-order valence-corrected chi connectivity index (χ0v) is 11.7. The van der Waals surface area contributed by atoms with E-state index in [4.69, 9.17) is 5.73 Å². The summed E-state index contributed by atoms with van der Waals surface area (Å²) >= 11 is 0. The molecule has 0 aliphatic carbocycles. The molecule has 2 N–H and O–H groups in total. The first-order valence-corrected chi connectivity index (χ1v) is 6.82. The molecule has 0 saturated heterocycles. The van der Waals surface area contributed by atoms with Crippen molar-refractivity contribution in [2.24, 2.45) is 0 Å². The average molecular weight is 291 g/mol. The maximum Gasteiger partial charge on any atom is 0.137 e. The number of imidazole rings is 1. The number of aromatic nitrogens is 6. The van der Waals surface area contributed by atoms with Gasteiger partial charge in [0.2, 0.25) is 0 Å². The summed E-state index contributed by atoms with van der Waals surface area (Å²) in [5.41, 5.74) is 9.08. The summed E-state index contributed by atoms with van der Waals surface area (Å²) in [6, 6.07) is 9.53. The first-order valence-electron chi connectivity index (χ1n) is 6.82. The minimum absolute atomic E-state index is 0.487. The van der Waals surface area contributed by atoms with Gasteiger partial charge in [-0.2, -0.15) is 0 Å². The zero-order valence-electron chi connectivity index (χ0n) is 11.7. The van der Waals surface area contributed by atoms with Gasteiger partial charge in [0.05, 0.1) is 18.4 Å². The Kier molecular flexibility index (Phi) is 2.82. The molecule has 0 aliphatic rings. The molecule has 108 valence electrons. The summed E-state index contributed by atoms with van der Waals surface area (Å²) in [6.07, 6.45) is 7.52. The van der Waals surface area contributed by atoms with Gasteiger partial charge in [-0.25, -0.2) is 14.6 Å². The first-order chi connectivity index (χ1) is 10.8. The Labute approximate surface area is 126 Å². The van der Waals surface area contributed by atoms with Crippen molar-refractivity contribution < 1.29 is 0 Å². The number of nitrogens with two attached hydrogens (primary N) is 1. The van der Waals surface area contributed by atoms with Crippen LogP contribution in [0, 0.1) is 0 Å². The number of hydrogen-bond acceptors (Lipinski definition) is 5. The molecule has 0 unspecified atom stereocenters. The van der Waals surface area contributed by atoms with Crippen LogP contribution in [-0.4, -0.2) is 29.4 Å². The summed E-state index contributed by atoms with van der Waals surface area (Å²) in [5, 5.41) is 8.30. The van der Waals surface area contributed by atoms with Crippen molar-refractivity contribution in [3.05, 3.63) is 60.8 Å². The molecule has 4 aromatic rings. The van der Waals surface area contributed by atoms with Crippen LogP contribution in [0.4, 0.5) is 5.82 Å². The maximum absolute atomic E-state index is 5.59. The van der Waals surface area contributed by atoms with E-state index in [1.165, 1.54) is 0 Å². The lowest BCUT2D eigenvalue weighted by molar-refractivity contribution is 0.641. The van der Waals surface area contributed by atoms with Crippen LogP contribution in [0.15, 0.2) is 55.1 Å². The molecular formula is C15H13N7. The van der Waals surface area contributed by atoms with Crippen LogP contribution in [0.5, 0.6) is 0 Å². The Morgan fingerprint density at radius 2 is 2.05 bits per heavy atom. The quantitative estimate of drug-likeness (QED) is 0.619. The Morgan fingerprint density at radius 3 is 2.86 bits per heavy atom. The van der Waals surface area contributed by atoms with Crippen LogP contribution in [0.1, 0.15) is 5.69 Å². The number of hydrogen-bond donors (Lipinski definition) is 1. The van der Waals surface area contributed by atoms with Crippen molar-refractivity contribution in [2.75, 3.05) is 5.73 Å². The van der Waals surface area contributed by atoms with E-state index < -0.39 is 0 Å².